The molecule has 0 bridgehead atoms. The maximum absolute atomic E-state index is 12.9. The fourth-order valence-corrected chi connectivity index (χ4v) is 5.83. The van der Waals surface area contributed by atoms with Crippen LogP contribution >= 0.6 is 0 Å². The van der Waals surface area contributed by atoms with Crippen molar-refractivity contribution in [3.05, 3.63) is 29.8 Å². The van der Waals surface area contributed by atoms with Crippen molar-refractivity contribution in [2.45, 2.75) is 58.0 Å². The Morgan fingerprint density at radius 1 is 1.07 bits per heavy atom. The van der Waals surface area contributed by atoms with Crippen LogP contribution in [-0.2, 0) is 19.4 Å². The number of rotatable bonds is 8. The summed E-state index contributed by atoms with van der Waals surface area (Å²) in [5.41, 5.74) is 0.343. The average Bonchev–Trinajstić information content (AvgIpc) is 3.35. The van der Waals surface area contributed by atoms with Gasteiger partial charge in [0.05, 0.1) is 23.7 Å². The molecule has 1 saturated carbocycles. The number of carbonyl (C=O) groups is 2. The Morgan fingerprint density at radius 2 is 1.73 bits per heavy atom. The van der Waals surface area contributed by atoms with Crippen LogP contribution in [0.3, 0.4) is 0 Å². The van der Waals surface area contributed by atoms with Crippen LogP contribution in [0.25, 0.3) is 0 Å². The van der Waals surface area contributed by atoms with Gasteiger partial charge < -0.3 is 14.4 Å². The van der Waals surface area contributed by atoms with Crippen molar-refractivity contribution in [1.29, 1.82) is 0 Å². The number of hydrogen-bond donors (Lipinski definition) is 0. The van der Waals surface area contributed by atoms with E-state index >= 15 is 0 Å². The highest BCUT2D eigenvalue weighted by molar-refractivity contribution is 7.91. The minimum Gasteiger partial charge on any atom is -0.493 e. The number of nitrogens with zero attached hydrogens (tertiary/aromatic N) is 1. The Labute approximate surface area is 178 Å². The molecule has 0 N–H and O–H groups in total. The SMILES string of the molecule is CC(C)COc1ccc(C(=O)OCC(=O)N(C2CCCC2)C2CCS(=O)(=O)C2)cc1. The van der Waals surface area contributed by atoms with Gasteiger partial charge in [0, 0.05) is 12.1 Å². The zero-order chi connectivity index (χ0) is 21.7. The summed E-state index contributed by atoms with van der Waals surface area (Å²) in [5.74, 6) is 0.295. The predicted molar refractivity (Wildman–Crippen MR) is 113 cm³/mol. The predicted octanol–water partition coefficient (Wildman–Crippen LogP) is 2.84. The molecule has 1 amide bonds. The van der Waals surface area contributed by atoms with Gasteiger partial charge in [-0.3, -0.25) is 4.79 Å². The van der Waals surface area contributed by atoms with Crippen LogP contribution < -0.4 is 4.74 Å². The third kappa shape index (κ3) is 5.97. The molecule has 2 fully saturated rings. The lowest BCUT2D eigenvalue weighted by atomic mass is 10.1. The van der Waals surface area contributed by atoms with Crippen LogP contribution in [0.5, 0.6) is 5.75 Å². The molecular formula is C22H31NO6S. The second kappa shape index (κ2) is 9.81. The number of ether oxygens (including phenoxy) is 2. The van der Waals surface area contributed by atoms with E-state index in [-0.39, 0.29) is 36.1 Å². The molecule has 7 nitrogen and oxygen atoms in total. The van der Waals surface area contributed by atoms with Gasteiger partial charge in [-0.25, -0.2) is 13.2 Å². The van der Waals surface area contributed by atoms with Crippen molar-refractivity contribution < 1.29 is 27.5 Å². The Balaban J connectivity index is 1.58. The van der Waals surface area contributed by atoms with E-state index in [1.54, 1.807) is 29.2 Å². The highest BCUT2D eigenvalue weighted by atomic mass is 32.2. The standard InChI is InChI=1S/C22H31NO6S/c1-16(2)13-28-20-9-7-17(8-10-20)22(25)29-14-21(24)23(18-5-3-4-6-18)19-11-12-30(26,27)15-19/h7-10,16,18-19H,3-6,11-15H2,1-2H3. The molecule has 0 radical (unpaired) electrons. The van der Waals surface area contributed by atoms with Crippen LogP contribution in [0.4, 0.5) is 0 Å². The van der Waals surface area contributed by atoms with E-state index in [4.69, 9.17) is 9.47 Å². The molecule has 0 aromatic heterocycles. The zero-order valence-electron chi connectivity index (χ0n) is 17.7. The number of sulfone groups is 1. The number of amides is 1. The third-order valence-electron chi connectivity index (χ3n) is 5.61. The van der Waals surface area contributed by atoms with Crippen LogP contribution in [-0.4, -0.2) is 62.0 Å². The van der Waals surface area contributed by atoms with E-state index < -0.39 is 15.8 Å². The van der Waals surface area contributed by atoms with Crippen LogP contribution in [0.1, 0.15) is 56.3 Å². The van der Waals surface area contributed by atoms with E-state index in [2.05, 4.69) is 13.8 Å². The molecular weight excluding hydrogens is 406 g/mol. The molecule has 30 heavy (non-hydrogen) atoms. The minimum atomic E-state index is -3.11. The fraction of sp³-hybridized carbons (Fsp3) is 0.636. The lowest BCUT2D eigenvalue weighted by Gasteiger charge is -2.33. The van der Waals surface area contributed by atoms with Gasteiger partial charge in [0.1, 0.15) is 5.75 Å². The van der Waals surface area contributed by atoms with Crippen molar-refractivity contribution in [2.75, 3.05) is 24.7 Å². The van der Waals surface area contributed by atoms with Crippen molar-refractivity contribution in [3.8, 4) is 5.75 Å². The highest BCUT2D eigenvalue weighted by Gasteiger charge is 2.39. The second-order valence-corrected chi connectivity index (χ2v) is 10.8. The van der Waals surface area contributed by atoms with Gasteiger partial charge in [0.2, 0.25) is 0 Å². The molecule has 1 aromatic rings. The normalized spacial score (nSPS) is 21.0. The minimum absolute atomic E-state index is 0.00102. The lowest BCUT2D eigenvalue weighted by molar-refractivity contribution is -0.139. The smallest absolute Gasteiger partial charge is 0.338 e. The highest BCUT2D eigenvalue weighted by Crippen LogP contribution is 2.29. The van der Waals surface area contributed by atoms with E-state index in [1.165, 1.54) is 0 Å². The molecule has 1 aliphatic heterocycles. The molecule has 1 unspecified atom stereocenters. The van der Waals surface area contributed by atoms with Crippen molar-refractivity contribution in [2.24, 2.45) is 5.92 Å². The second-order valence-electron chi connectivity index (χ2n) is 8.60. The number of benzene rings is 1. The summed E-state index contributed by atoms with van der Waals surface area (Å²) >= 11 is 0. The average molecular weight is 438 g/mol. The van der Waals surface area contributed by atoms with Crippen molar-refractivity contribution >= 4 is 21.7 Å². The summed E-state index contributed by atoms with van der Waals surface area (Å²) in [6.45, 7) is 4.32. The summed E-state index contributed by atoms with van der Waals surface area (Å²) in [7, 11) is -3.11. The van der Waals surface area contributed by atoms with E-state index in [1.807, 2.05) is 0 Å². The van der Waals surface area contributed by atoms with Crippen molar-refractivity contribution in [1.82, 2.24) is 4.90 Å². The van der Waals surface area contributed by atoms with Gasteiger partial charge in [-0.2, -0.15) is 0 Å². The topological polar surface area (TPSA) is 90.0 Å². The Bertz CT molecular complexity index is 843. The first-order chi connectivity index (χ1) is 14.2. The Morgan fingerprint density at radius 3 is 2.30 bits per heavy atom. The first-order valence-corrected chi connectivity index (χ1v) is 12.5. The monoisotopic (exact) mass is 437 g/mol. The molecule has 166 valence electrons. The Kier molecular flexibility index (Phi) is 7.39. The number of hydrogen-bond acceptors (Lipinski definition) is 6. The summed E-state index contributed by atoms with van der Waals surface area (Å²) in [6.07, 6.45) is 4.25. The molecule has 1 heterocycles. The zero-order valence-corrected chi connectivity index (χ0v) is 18.5. The molecule has 1 saturated heterocycles. The van der Waals surface area contributed by atoms with E-state index in [0.29, 0.717) is 30.3 Å². The first-order valence-electron chi connectivity index (χ1n) is 10.7. The molecule has 1 aromatic carbocycles. The van der Waals surface area contributed by atoms with Gasteiger partial charge in [-0.15, -0.1) is 0 Å². The third-order valence-corrected chi connectivity index (χ3v) is 7.36. The number of carbonyl (C=O) groups excluding carboxylic acids is 2. The maximum Gasteiger partial charge on any atom is 0.338 e. The molecule has 1 atom stereocenters. The molecule has 3 rings (SSSR count). The van der Waals surface area contributed by atoms with Crippen LogP contribution in [0.15, 0.2) is 24.3 Å². The van der Waals surface area contributed by atoms with E-state index in [9.17, 15) is 18.0 Å². The van der Waals surface area contributed by atoms with Gasteiger partial charge in [-0.05, 0) is 49.4 Å². The summed E-state index contributed by atoms with van der Waals surface area (Å²) in [6, 6.07) is 6.35. The lowest BCUT2D eigenvalue weighted by Crippen LogP contribution is -2.48. The first kappa shape index (κ1) is 22.6. The molecule has 8 heteroatoms. The van der Waals surface area contributed by atoms with Gasteiger partial charge in [0.15, 0.2) is 16.4 Å². The Hall–Kier alpha value is -2.09. The van der Waals surface area contributed by atoms with Crippen LogP contribution in [0.2, 0.25) is 0 Å². The van der Waals surface area contributed by atoms with Crippen LogP contribution in [0, 0.1) is 5.92 Å². The number of esters is 1. The summed E-state index contributed by atoms with van der Waals surface area (Å²) < 4.78 is 34.7. The van der Waals surface area contributed by atoms with Gasteiger partial charge in [0.25, 0.3) is 5.91 Å². The van der Waals surface area contributed by atoms with Gasteiger partial charge in [-0.1, -0.05) is 26.7 Å². The summed E-state index contributed by atoms with van der Waals surface area (Å²) in [5, 5.41) is 0. The van der Waals surface area contributed by atoms with Crippen molar-refractivity contribution in [3.63, 3.8) is 0 Å². The van der Waals surface area contributed by atoms with E-state index in [0.717, 1.165) is 25.7 Å². The maximum atomic E-state index is 12.9. The largest absolute Gasteiger partial charge is 0.493 e. The van der Waals surface area contributed by atoms with Gasteiger partial charge >= 0.3 is 5.97 Å². The summed E-state index contributed by atoms with van der Waals surface area (Å²) in [4.78, 5) is 27.0. The molecule has 1 aliphatic carbocycles. The molecule has 0 spiro atoms. The quantitative estimate of drug-likeness (QED) is 0.581. The fourth-order valence-electron chi connectivity index (χ4n) is 4.12. The molecule has 2 aliphatic rings.